The average Bonchev–Trinajstić information content (AvgIpc) is 3.16. The zero-order valence-corrected chi connectivity index (χ0v) is 13.3. The molecule has 8 heteroatoms. The molecule has 1 atom stereocenters. The topological polar surface area (TPSA) is 90.6 Å². The predicted molar refractivity (Wildman–Crippen MR) is 82.0 cm³/mol. The summed E-state index contributed by atoms with van der Waals surface area (Å²) in [6.07, 6.45) is 5.89. The van der Waals surface area contributed by atoms with Crippen LogP contribution in [0.15, 0.2) is 23.0 Å². The van der Waals surface area contributed by atoms with Crippen LogP contribution in [0.5, 0.6) is 11.8 Å². The van der Waals surface area contributed by atoms with Gasteiger partial charge in [-0.1, -0.05) is 5.16 Å². The number of rotatable bonds is 5. The van der Waals surface area contributed by atoms with Crippen LogP contribution in [-0.2, 0) is 0 Å². The standard InChI is InChI=1S/C16H18N4O4/c1-22-14-15(18-6-5-17-14)23-11-4-7-20(9-11)16(21)12-8-13(24-19-12)10-2-3-10/h5-6,8,10-11H,2-4,7,9H2,1H3. The summed E-state index contributed by atoms with van der Waals surface area (Å²) in [6.45, 7) is 1.09. The summed E-state index contributed by atoms with van der Waals surface area (Å²) in [4.78, 5) is 22.4. The van der Waals surface area contributed by atoms with Gasteiger partial charge in [-0.2, -0.15) is 0 Å². The highest BCUT2D eigenvalue weighted by molar-refractivity contribution is 5.92. The van der Waals surface area contributed by atoms with Crippen molar-refractivity contribution in [2.24, 2.45) is 0 Å². The van der Waals surface area contributed by atoms with E-state index < -0.39 is 0 Å². The van der Waals surface area contributed by atoms with E-state index in [1.807, 2.05) is 0 Å². The first-order valence-electron chi connectivity index (χ1n) is 8.02. The monoisotopic (exact) mass is 330 g/mol. The third-order valence-electron chi connectivity index (χ3n) is 4.26. The van der Waals surface area contributed by atoms with E-state index in [0.717, 1.165) is 25.0 Å². The van der Waals surface area contributed by atoms with E-state index >= 15 is 0 Å². The third kappa shape index (κ3) is 2.91. The average molecular weight is 330 g/mol. The molecule has 0 N–H and O–H groups in total. The molecule has 8 nitrogen and oxygen atoms in total. The second kappa shape index (κ2) is 6.10. The second-order valence-electron chi connectivity index (χ2n) is 6.04. The van der Waals surface area contributed by atoms with E-state index in [-0.39, 0.29) is 12.0 Å². The minimum absolute atomic E-state index is 0.122. The SMILES string of the molecule is COc1nccnc1OC1CCN(C(=O)c2cc(C3CC3)on2)C1. The Labute approximate surface area is 138 Å². The van der Waals surface area contributed by atoms with E-state index in [2.05, 4.69) is 15.1 Å². The molecule has 0 aromatic carbocycles. The van der Waals surface area contributed by atoms with Gasteiger partial charge in [0, 0.05) is 37.3 Å². The van der Waals surface area contributed by atoms with Gasteiger partial charge in [-0.25, -0.2) is 9.97 Å². The summed E-state index contributed by atoms with van der Waals surface area (Å²) in [5, 5.41) is 3.91. The molecule has 1 aliphatic carbocycles. The van der Waals surface area contributed by atoms with Gasteiger partial charge in [0.2, 0.25) is 0 Å². The molecule has 1 saturated heterocycles. The number of hydrogen-bond acceptors (Lipinski definition) is 7. The van der Waals surface area contributed by atoms with E-state index in [4.69, 9.17) is 14.0 Å². The number of aromatic nitrogens is 3. The fourth-order valence-corrected chi connectivity index (χ4v) is 2.81. The molecular weight excluding hydrogens is 312 g/mol. The van der Waals surface area contributed by atoms with E-state index in [1.54, 1.807) is 17.2 Å². The molecule has 0 bridgehead atoms. The highest BCUT2D eigenvalue weighted by atomic mass is 16.5. The maximum atomic E-state index is 12.5. The van der Waals surface area contributed by atoms with Crippen molar-refractivity contribution in [3.05, 3.63) is 29.9 Å². The largest absolute Gasteiger partial charge is 0.477 e. The molecular formula is C16H18N4O4. The van der Waals surface area contributed by atoms with Crippen molar-refractivity contribution in [2.75, 3.05) is 20.2 Å². The van der Waals surface area contributed by atoms with Gasteiger partial charge in [0.25, 0.3) is 17.7 Å². The molecule has 4 rings (SSSR count). The van der Waals surface area contributed by atoms with Crippen molar-refractivity contribution in [3.63, 3.8) is 0 Å². The lowest BCUT2D eigenvalue weighted by Gasteiger charge is -2.16. The van der Waals surface area contributed by atoms with Crippen molar-refractivity contribution >= 4 is 5.91 Å². The van der Waals surface area contributed by atoms with Crippen LogP contribution in [0.25, 0.3) is 0 Å². The van der Waals surface area contributed by atoms with Crippen molar-refractivity contribution in [3.8, 4) is 11.8 Å². The molecule has 1 unspecified atom stereocenters. The number of nitrogens with zero attached hydrogens (tertiary/aromatic N) is 4. The molecule has 1 amide bonds. The summed E-state index contributed by atoms with van der Waals surface area (Å²) >= 11 is 0. The van der Waals surface area contributed by atoms with Crippen LogP contribution < -0.4 is 9.47 Å². The molecule has 0 radical (unpaired) electrons. The van der Waals surface area contributed by atoms with Crippen molar-refractivity contribution in [1.82, 2.24) is 20.0 Å². The van der Waals surface area contributed by atoms with Crippen LogP contribution >= 0.6 is 0 Å². The quantitative estimate of drug-likeness (QED) is 0.823. The fourth-order valence-electron chi connectivity index (χ4n) is 2.81. The maximum Gasteiger partial charge on any atom is 0.278 e. The van der Waals surface area contributed by atoms with Gasteiger partial charge in [0.15, 0.2) is 5.69 Å². The highest BCUT2D eigenvalue weighted by Gasteiger charge is 2.33. The smallest absolute Gasteiger partial charge is 0.278 e. The molecule has 0 spiro atoms. The first kappa shape index (κ1) is 14.9. The van der Waals surface area contributed by atoms with E-state index in [0.29, 0.717) is 36.5 Å². The first-order valence-corrected chi connectivity index (χ1v) is 8.02. The summed E-state index contributed by atoms with van der Waals surface area (Å²) in [7, 11) is 1.52. The Bertz CT molecular complexity index is 743. The number of methoxy groups -OCH3 is 1. The molecule has 1 saturated carbocycles. The molecule has 24 heavy (non-hydrogen) atoms. The molecule has 3 heterocycles. The number of hydrogen-bond donors (Lipinski definition) is 0. The van der Waals surface area contributed by atoms with Gasteiger partial charge in [0.05, 0.1) is 13.7 Å². The van der Waals surface area contributed by atoms with E-state index in [1.165, 1.54) is 13.3 Å². The first-order chi connectivity index (χ1) is 11.7. The molecule has 2 aliphatic rings. The van der Waals surface area contributed by atoms with Gasteiger partial charge < -0.3 is 18.9 Å². The lowest BCUT2D eigenvalue weighted by atomic mass is 10.2. The summed E-state index contributed by atoms with van der Waals surface area (Å²) in [5.41, 5.74) is 0.370. The molecule has 2 aromatic heterocycles. The van der Waals surface area contributed by atoms with Gasteiger partial charge in [0.1, 0.15) is 11.9 Å². The zero-order valence-electron chi connectivity index (χ0n) is 13.3. The number of carbonyl (C=O) groups is 1. The Hall–Kier alpha value is -2.64. The van der Waals surface area contributed by atoms with Crippen molar-refractivity contribution < 1.29 is 18.8 Å². The molecule has 126 valence electrons. The number of likely N-dealkylation sites (tertiary alicyclic amines) is 1. The summed E-state index contributed by atoms with van der Waals surface area (Å²) in [6, 6.07) is 1.76. The lowest BCUT2D eigenvalue weighted by Crippen LogP contribution is -2.31. The molecule has 2 aromatic rings. The van der Waals surface area contributed by atoms with Crippen molar-refractivity contribution in [2.45, 2.75) is 31.3 Å². The minimum Gasteiger partial charge on any atom is -0.477 e. The lowest BCUT2D eigenvalue weighted by molar-refractivity contribution is 0.0760. The van der Waals surface area contributed by atoms with Crippen LogP contribution in [0.1, 0.15) is 41.4 Å². The Balaban J connectivity index is 1.39. The summed E-state index contributed by atoms with van der Waals surface area (Å²) in [5.74, 6) is 1.82. The van der Waals surface area contributed by atoms with Gasteiger partial charge in [-0.3, -0.25) is 4.79 Å². The Kier molecular flexibility index (Phi) is 3.79. The van der Waals surface area contributed by atoms with Crippen LogP contribution in [0.2, 0.25) is 0 Å². The molecule has 1 aliphatic heterocycles. The van der Waals surface area contributed by atoms with Crippen LogP contribution in [0.3, 0.4) is 0 Å². The fraction of sp³-hybridized carbons (Fsp3) is 0.500. The van der Waals surface area contributed by atoms with Crippen LogP contribution in [-0.4, -0.2) is 52.2 Å². The zero-order chi connectivity index (χ0) is 16.5. The predicted octanol–water partition coefficient (Wildman–Crippen LogP) is 1.64. The second-order valence-corrected chi connectivity index (χ2v) is 6.04. The minimum atomic E-state index is -0.144. The van der Waals surface area contributed by atoms with Crippen molar-refractivity contribution in [1.29, 1.82) is 0 Å². The number of amides is 1. The Morgan fingerprint density at radius 1 is 1.25 bits per heavy atom. The normalized spacial score (nSPS) is 20.2. The maximum absolute atomic E-state index is 12.5. The van der Waals surface area contributed by atoms with Gasteiger partial charge in [-0.15, -0.1) is 0 Å². The van der Waals surface area contributed by atoms with Gasteiger partial charge in [-0.05, 0) is 12.8 Å². The van der Waals surface area contributed by atoms with Crippen LogP contribution in [0, 0.1) is 0 Å². The van der Waals surface area contributed by atoms with E-state index in [9.17, 15) is 4.79 Å². The number of carbonyl (C=O) groups excluding carboxylic acids is 1. The number of ether oxygens (including phenoxy) is 2. The molecule has 2 fully saturated rings. The Morgan fingerprint density at radius 3 is 2.79 bits per heavy atom. The highest BCUT2D eigenvalue weighted by Crippen LogP contribution is 2.40. The van der Waals surface area contributed by atoms with Crippen LogP contribution in [0.4, 0.5) is 0 Å². The Morgan fingerprint density at radius 2 is 2.04 bits per heavy atom. The van der Waals surface area contributed by atoms with Gasteiger partial charge >= 0.3 is 0 Å². The third-order valence-corrected chi connectivity index (χ3v) is 4.26. The summed E-state index contributed by atoms with van der Waals surface area (Å²) < 4.78 is 16.2.